The molecule has 0 atom stereocenters. The number of methoxy groups -OCH3 is 1. The van der Waals surface area contributed by atoms with Crippen molar-refractivity contribution < 1.29 is 9.47 Å². The minimum Gasteiger partial charge on any atom is -0.497 e. The van der Waals surface area contributed by atoms with Gasteiger partial charge in [0.25, 0.3) is 0 Å². The zero-order valence-electron chi connectivity index (χ0n) is 11.3. The van der Waals surface area contributed by atoms with Crippen molar-refractivity contribution in [1.29, 1.82) is 0 Å². The van der Waals surface area contributed by atoms with Crippen LogP contribution in [0.4, 0.5) is 0 Å². The van der Waals surface area contributed by atoms with E-state index in [0.717, 1.165) is 33.9 Å². The Morgan fingerprint density at radius 2 is 1.79 bits per heavy atom. The SMILES string of the molecule is COc1ccc(OCCn2nc(C)c(Br)c2C)cc1. The van der Waals surface area contributed by atoms with Gasteiger partial charge in [-0.15, -0.1) is 0 Å². The Bertz CT molecular complexity index is 549. The number of aryl methyl sites for hydroxylation is 1. The second-order valence-corrected chi connectivity index (χ2v) is 5.02. The number of nitrogens with zero attached hydrogens (tertiary/aromatic N) is 2. The van der Waals surface area contributed by atoms with Crippen LogP contribution in [0.1, 0.15) is 11.4 Å². The summed E-state index contributed by atoms with van der Waals surface area (Å²) >= 11 is 3.51. The average Bonchev–Trinajstić information content (AvgIpc) is 2.67. The van der Waals surface area contributed by atoms with E-state index in [0.29, 0.717) is 6.61 Å². The second kappa shape index (κ2) is 6.10. The van der Waals surface area contributed by atoms with E-state index in [1.165, 1.54) is 0 Å². The maximum atomic E-state index is 5.68. The lowest BCUT2D eigenvalue weighted by molar-refractivity contribution is 0.289. The number of halogens is 1. The summed E-state index contributed by atoms with van der Waals surface area (Å²) in [7, 11) is 1.65. The normalized spacial score (nSPS) is 10.5. The first-order chi connectivity index (χ1) is 9.11. The Balaban J connectivity index is 1.90. The minimum absolute atomic E-state index is 0.584. The van der Waals surface area contributed by atoms with E-state index < -0.39 is 0 Å². The third-order valence-electron chi connectivity index (χ3n) is 2.92. The van der Waals surface area contributed by atoms with Gasteiger partial charge in [-0.3, -0.25) is 4.68 Å². The molecule has 0 aliphatic carbocycles. The highest BCUT2D eigenvalue weighted by molar-refractivity contribution is 9.10. The van der Waals surface area contributed by atoms with Crippen molar-refractivity contribution in [3.63, 3.8) is 0 Å². The summed E-state index contributed by atoms with van der Waals surface area (Å²) in [4.78, 5) is 0. The molecule has 0 aliphatic heterocycles. The maximum Gasteiger partial charge on any atom is 0.119 e. The largest absolute Gasteiger partial charge is 0.497 e. The number of aromatic nitrogens is 2. The van der Waals surface area contributed by atoms with Crippen molar-refractivity contribution in [2.45, 2.75) is 20.4 Å². The summed E-state index contributed by atoms with van der Waals surface area (Å²) in [5.74, 6) is 1.66. The Hall–Kier alpha value is -1.49. The molecular weight excluding hydrogens is 308 g/mol. The molecule has 0 unspecified atom stereocenters. The third-order valence-corrected chi connectivity index (χ3v) is 4.07. The molecule has 2 rings (SSSR count). The molecule has 2 aromatic rings. The predicted molar refractivity (Wildman–Crippen MR) is 77.9 cm³/mol. The smallest absolute Gasteiger partial charge is 0.119 e. The van der Waals surface area contributed by atoms with Gasteiger partial charge in [-0.25, -0.2) is 0 Å². The lowest BCUT2D eigenvalue weighted by Gasteiger charge is -2.08. The van der Waals surface area contributed by atoms with E-state index >= 15 is 0 Å². The van der Waals surface area contributed by atoms with Crippen molar-refractivity contribution >= 4 is 15.9 Å². The highest BCUT2D eigenvalue weighted by atomic mass is 79.9. The predicted octanol–water partition coefficient (Wildman–Crippen LogP) is 3.35. The molecule has 0 aliphatic rings. The molecular formula is C14H17BrN2O2. The molecule has 1 aromatic heterocycles. The van der Waals surface area contributed by atoms with Crippen molar-refractivity contribution in [3.8, 4) is 11.5 Å². The van der Waals surface area contributed by atoms with Crippen LogP contribution in [-0.2, 0) is 6.54 Å². The minimum atomic E-state index is 0.584. The van der Waals surface area contributed by atoms with E-state index in [1.54, 1.807) is 7.11 Å². The molecule has 0 saturated carbocycles. The van der Waals surface area contributed by atoms with Crippen LogP contribution >= 0.6 is 15.9 Å². The lowest BCUT2D eigenvalue weighted by atomic mass is 10.3. The van der Waals surface area contributed by atoms with Gasteiger partial charge >= 0.3 is 0 Å². The van der Waals surface area contributed by atoms with Crippen LogP contribution < -0.4 is 9.47 Å². The topological polar surface area (TPSA) is 36.3 Å². The number of benzene rings is 1. The monoisotopic (exact) mass is 324 g/mol. The van der Waals surface area contributed by atoms with Crippen LogP contribution in [-0.4, -0.2) is 23.5 Å². The van der Waals surface area contributed by atoms with E-state index in [2.05, 4.69) is 21.0 Å². The second-order valence-electron chi connectivity index (χ2n) is 4.23. The Morgan fingerprint density at radius 3 is 2.32 bits per heavy atom. The van der Waals surface area contributed by atoms with Crippen LogP contribution in [0.2, 0.25) is 0 Å². The van der Waals surface area contributed by atoms with Crippen molar-refractivity contribution in [3.05, 3.63) is 40.1 Å². The van der Waals surface area contributed by atoms with E-state index in [1.807, 2.05) is 42.8 Å². The molecule has 19 heavy (non-hydrogen) atoms. The van der Waals surface area contributed by atoms with Gasteiger partial charge in [-0.05, 0) is 54.0 Å². The zero-order valence-corrected chi connectivity index (χ0v) is 12.9. The lowest BCUT2D eigenvalue weighted by Crippen LogP contribution is -2.10. The zero-order chi connectivity index (χ0) is 13.8. The molecule has 0 radical (unpaired) electrons. The van der Waals surface area contributed by atoms with Gasteiger partial charge in [-0.2, -0.15) is 5.10 Å². The van der Waals surface area contributed by atoms with E-state index in [-0.39, 0.29) is 0 Å². The van der Waals surface area contributed by atoms with Gasteiger partial charge in [0.2, 0.25) is 0 Å². The molecule has 1 aromatic carbocycles. The molecule has 1 heterocycles. The van der Waals surface area contributed by atoms with Crippen molar-refractivity contribution in [2.24, 2.45) is 0 Å². The Morgan fingerprint density at radius 1 is 1.16 bits per heavy atom. The van der Waals surface area contributed by atoms with Gasteiger partial charge in [0.05, 0.1) is 23.8 Å². The summed E-state index contributed by atoms with van der Waals surface area (Å²) < 4.78 is 13.8. The molecule has 0 N–H and O–H groups in total. The van der Waals surface area contributed by atoms with Crippen LogP contribution in [0.5, 0.6) is 11.5 Å². The molecule has 5 heteroatoms. The molecule has 102 valence electrons. The molecule has 0 bridgehead atoms. The molecule has 0 fully saturated rings. The van der Waals surface area contributed by atoms with Crippen LogP contribution in [0, 0.1) is 13.8 Å². The summed E-state index contributed by atoms with van der Waals surface area (Å²) in [6.07, 6.45) is 0. The van der Waals surface area contributed by atoms with Gasteiger partial charge < -0.3 is 9.47 Å². The summed E-state index contributed by atoms with van der Waals surface area (Å²) in [5.41, 5.74) is 2.12. The average molecular weight is 325 g/mol. The van der Waals surface area contributed by atoms with Gasteiger partial charge in [0.15, 0.2) is 0 Å². The Labute approximate surface area is 121 Å². The van der Waals surface area contributed by atoms with Crippen molar-refractivity contribution in [1.82, 2.24) is 9.78 Å². The highest BCUT2D eigenvalue weighted by Gasteiger charge is 2.08. The molecule has 0 spiro atoms. The molecule has 0 saturated heterocycles. The number of rotatable bonds is 5. The standard InChI is InChI=1S/C14H17BrN2O2/c1-10-14(15)11(2)17(16-10)8-9-19-13-6-4-12(18-3)5-7-13/h4-7H,8-9H2,1-3H3. The van der Waals surface area contributed by atoms with Crippen LogP contribution in [0.3, 0.4) is 0 Å². The van der Waals surface area contributed by atoms with Gasteiger partial charge in [0, 0.05) is 5.69 Å². The quantitative estimate of drug-likeness (QED) is 0.846. The van der Waals surface area contributed by atoms with Gasteiger partial charge in [0.1, 0.15) is 18.1 Å². The highest BCUT2D eigenvalue weighted by Crippen LogP contribution is 2.20. The number of hydrogen-bond acceptors (Lipinski definition) is 3. The third kappa shape index (κ3) is 3.29. The van der Waals surface area contributed by atoms with Gasteiger partial charge in [-0.1, -0.05) is 0 Å². The fourth-order valence-corrected chi connectivity index (χ4v) is 2.10. The first-order valence-corrected chi connectivity index (χ1v) is 6.87. The summed E-state index contributed by atoms with van der Waals surface area (Å²) in [5, 5.41) is 4.44. The summed E-state index contributed by atoms with van der Waals surface area (Å²) in [6, 6.07) is 7.57. The molecule has 0 amide bonds. The first-order valence-electron chi connectivity index (χ1n) is 6.08. The summed E-state index contributed by atoms with van der Waals surface area (Å²) in [6.45, 7) is 5.33. The van der Waals surface area contributed by atoms with Crippen LogP contribution in [0.25, 0.3) is 0 Å². The van der Waals surface area contributed by atoms with E-state index in [4.69, 9.17) is 9.47 Å². The Kier molecular flexibility index (Phi) is 4.47. The number of ether oxygens (including phenoxy) is 2. The fourth-order valence-electron chi connectivity index (χ4n) is 1.81. The van der Waals surface area contributed by atoms with Crippen LogP contribution in [0.15, 0.2) is 28.7 Å². The van der Waals surface area contributed by atoms with Crippen molar-refractivity contribution in [2.75, 3.05) is 13.7 Å². The number of hydrogen-bond donors (Lipinski definition) is 0. The first kappa shape index (κ1) is 13.9. The molecule has 4 nitrogen and oxygen atoms in total. The fraction of sp³-hybridized carbons (Fsp3) is 0.357. The maximum absolute atomic E-state index is 5.68. The van der Waals surface area contributed by atoms with E-state index in [9.17, 15) is 0 Å².